The molecule has 0 atom stereocenters. The molecule has 2 aromatic carbocycles. The van der Waals surface area contributed by atoms with Gasteiger partial charge >= 0.3 is 5.97 Å². The Morgan fingerprint density at radius 2 is 1.79 bits per heavy atom. The van der Waals surface area contributed by atoms with Gasteiger partial charge in [-0.3, -0.25) is 14.2 Å². The lowest BCUT2D eigenvalue weighted by molar-refractivity contribution is 0.0462. The molecule has 0 bridgehead atoms. The molecule has 3 heterocycles. The summed E-state index contributed by atoms with van der Waals surface area (Å²) in [5.74, 6) is 0.371. The summed E-state index contributed by atoms with van der Waals surface area (Å²) in [7, 11) is 0. The maximum absolute atomic E-state index is 12.9. The van der Waals surface area contributed by atoms with E-state index in [0.717, 1.165) is 37.9 Å². The maximum Gasteiger partial charge on any atom is 0.338 e. The van der Waals surface area contributed by atoms with Crippen LogP contribution in [0.3, 0.4) is 0 Å². The summed E-state index contributed by atoms with van der Waals surface area (Å²) in [5, 5.41) is 1.33. The lowest BCUT2D eigenvalue weighted by Crippen LogP contribution is -2.26. The number of hydrogen-bond acceptors (Lipinski definition) is 6. The van der Waals surface area contributed by atoms with E-state index in [1.54, 1.807) is 41.0 Å². The van der Waals surface area contributed by atoms with Gasteiger partial charge in [0.05, 0.1) is 27.4 Å². The van der Waals surface area contributed by atoms with Gasteiger partial charge in [0, 0.05) is 18.0 Å². The standard InChI is InChI=1S/C24H21ClN4O4/c25-15-7-9-16-19(12-15)26-20(28-22(16)30)13-33-24(32)14-6-8-17-18(11-14)27-21-5-3-1-2-4-10-29(21)23(17)31/h6-9,11-12H,1-5,10,13H2,(H,26,28,30). The minimum absolute atomic E-state index is 0.0755. The highest BCUT2D eigenvalue weighted by Crippen LogP contribution is 2.18. The number of aromatic amines is 1. The number of fused-ring (bicyclic) bond motifs is 3. The number of rotatable bonds is 3. The SMILES string of the molecule is O=C(OCc1nc2cc(Cl)ccc2c(=O)[nH]1)c1ccc2c(=O)n3c(nc2c1)CCCCCC3. The number of carbonyl (C=O) groups is 1. The van der Waals surface area contributed by atoms with Crippen molar-refractivity contribution in [2.24, 2.45) is 0 Å². The second-order valence-electron chi connectivity index (χ2n) is 8.13. The molecule has 1 N–H and O–H groups in total. The zero-order valence-corrected chi connectivity index (χ0v) is 18.5. The smallest absolute Gasteiger partial charge is 0.338 e. The number of nitrogens with zero attached hydrogens (tertiary/aromatic N) is 3. The van der Waals surface area contributed by atoms with E-state index in [0.29, 0.717) is 33.4 Å². The zero-order chi connectivity index (χ0) is 22.9. The molecule has 1 aliphatic rings. The summed E-state index contributed by atoms with van der Waals surface area (Å²) in [5.41, 5.74) is 0.761. The Hall–Kier alpha value is -3.52. The molecule has 5 rings (SSSR count). The van der Waals surface area contributed by atoms with Gasteiger partial charge in [0.1, 0.15) is 18.3 Å². The van der Waals surface area contributed by atoms with Crippen molar-refractivity contribution >= 4 is 39.4 Å². The van der Waals surface area contributed by atoms with E-state index in [1.165, 1.54) is 0 Å². The lowest BCUT2D eigenvalue weighted by atomic mass is 10.1. The highest BCUT2D eigenvalue weighted by atomic mass is 35.5. The van der Waals surface area contributed by atoms with Gasteiger partial charge in [-0.1, -0.05) is 24.4 Å². The molecular formula is C24H21ClN4O4. The Morgan fingerprint density at radius 3 is 2.67 bits per heavy atom. The van der Waals surface area contributed by atoms with Gasteiger partial charge in [0.15, 0.2) is 0 Å². The van der Waals surface area contributed by atoms with E-state index in [1.807, 2.05) is 0 Å². The average molecular weight is 465 g/mol. The number of aryl methyl sites for hydroxylation is 1. The fourth-order valence-electron chi connectivity index (χ4n) is 4.17. The maximum atomic E-state index is 12.9. The summed E-state index contributed by atoms with van der Waals surface area (Å²) >= 11 is 5.98. The number of H-pyrrole nitrogens is 1. The highest BCUT2D eigenvalue weighted by molar-refractivity contribution is 6.31. The van der Waals surface area contributed by atoms with Gasteiger partial charge in [-0.2, -0.15) is 0 Å². The van der Waals surface area contributed by atoms with Crippen molar-refractivity contribution in [1.29, 1.82) is 0 Å². The van der Waals surface area contributed by atoms with Crippen LogP contribution in [0.2, 0.25) is 5.02 Å². The molecule has 0 amide bonds. The van der Waals surface area contributed by atoms with Crippen LogP contribution in [0.25, 0.3) is 21.8 Å². The second kappa shape index (κ2) is 8.78. The van der Waals surface area contributed by atoms with Gasteiger partial charge in [-0.15, -0.1) is 0 Å². The van der Waals surface area contributed by atoms with Crippen molar-refractivity contribution in [1.82, 2.24) is 19.5 Å². The fraction of sp³-hybridized carbons (Fsp3) is 0.292. The third-order valence-corrected chi connectivity index (χ3v) is 6.09. The quantitative estimate of drug-likeness (QED) is 0.462. The van der Waals surface area contributed by atoms with Crippen LogP contribution in [0.5, 0.6) is 0 Å². The molecular weight excluding hydrogens is 444 g/mol. The van der Waals surface area contributed by atoms with E-state index in [2.05, 4.69) is 15.0 Å². The summed E-state index contributed by atoms with van der Waals surface area (Å²) < 4.78 is 7.12. The number of benzene rings is 2. The first-order valence-electron chi connectivity index (χ1n) is 10.9. The molecule has 0 aliphatic carbocycles. The molecule has 4 aromatic rings. The van der Waals surface area contributed by atoms with Crippen molar-refractivity contribution in [2.75, 3.05) is 0 Å². The normalized spacial score (nSPS) is 14.0. The summed E-state index contributed by atoms with van der Waals surface area (Å²) in [6, 6.07) is 9.53. The van der Waals surface area contributed by atoms with Gasteiger partial charge < -0.3 is 9.72 Å². The molecule has 0 fully saturated rings. The van der Waals surface area contributed by atoms with Crippen LogP contribution in [0.15, 0.2) is 46.0 Å². The van der Waals surface area contributed by atoms with Crippen LogP contribution < -0.4 is 11.1 Å². The van der Waals surface area contributed by atoms with Crippen molar-refractivity contribution in [3.05, 3.63) is 79.3 Å². The first kappa shape index (κ1) is 21.3. The van der Waals surface area contributed by atoms with Crippen LogP contribution in [0, 0.1) is 0 Å². The third kappa shape index (κ3) is 4.26. The van der Waals surface area contributed by atoms with Crippen LogP contribution in [0.4, 0.5) is 0 Å². The van der Waals surface area contributed by atoms with E-state index >= 15 is 0 Å². The Kier molecular flexibility index (Phi) is 5.68. The topological polar surface area (TPSA) is 107 Å². The lowest BCUT2D eigenvalue weighted by Gasteiger charge is -2.16. The monoisotopic (exact) mass is 464 g/mol. The van der Waals surface area contributed by atoms with Gasteiger partial charge in [0.2, 0.25) is 0 Å². The van der Waals surface area contributed by atoms with E-state index in [9.17, 15) is 14.4 Å². The first-order valence-corrected chi connectivity index (χ1v) is 11.3. The summed E-state index contributed by atoms with van der Waals surface area (Å²) in [4.78, 5) is 49.5. The number of carbonyl (C=O) groups excluding carboxylic acids is 1. The number of aromatic nitrogens is 4. The molecule has 168 valence electrons. The number of halogens is 1. The predicted octanol–water partition coefficient (Wildman–Crippen LogP) is 3.76. The van der Waals surface area contributed by atoms with E-state index < -0.39 is 5.97 Å². The van der Waals surface area contributed by atoms with Gasteiger partial charge in [0.25, 0.3) is 11.1 Å². The van der Waals surface area contributed by atoms with Crippen molar-refractivity contribution in [3.8, 4) is 0 Å². The van der Waals surface area contributed by atoms with Gasteiger partial charge in [-0.05, 0) is 49.2 Å². The van der Waals surface area contributed by atoms with Crippen LogP contribution in [-0.2, 0) is 24.3 Å². The molecule has 0 unspecified atom stereocenters. The van der Waals surface area contributed by atoms with Crippen molar-refractivity contribution in [2.45, 2.75) is 45.3 Å². The van der Waals surface area contributed by atoms with Crippen LogP contribution >= 0.6 is 11.6 Å². The molecule has 33 heavy (non-hydrogen) atoms. The van der Waals surface area contributed by atoms with Crippen molar-refractivity contribution < 1.29 is 9.53 Å². The Balaban J connectivity index is 1.40. The number of hydrogen-bond donors (Lipinski definition) is 1. The van der Waals surface area contributed by atoms with Gasteiger partial charge in [-0.25, -0.2) is 14.8 Å². The Bertz CT molecular complexity index is 1510. The number of esters is 1. The fourth-order valence-corrected chi connectivity index (χ4v) is 4.34. The minimum atomic E-state index is -0.598. The molecule has 8 nitrogen and oxygen atoms in total. The summed E-state index contributed by atoms with van der Waals surface area (Å²) in [6.45, 7) is 0.456. The third-order valence-electron chi connectivity index (χ3n) is 5.86. The molecule has 1 aliphatic heterocycles. The molecule has 9 heteroatoms. The molecule has 0 radical (unpaired) electrons. The van der Waals surface area contributed by atoms with E-state index in [-0.39, 0.29) is 29.1 Å². The largest absolute Gasteiger partial charge is 0.454 e. The van der Waals surface area contributed by atoms with Crippen molar-refractivity contribution in [3.63, 3.8) is 0 Å². The molecule has 0 spiro atoms. The average Bonchev–Trinajstić information content (AvgIpc) is 2.78. The second-order valence-corrected chi connectivity index (χ2v) is 8.57. The highest BCUT2D eigenvalue weighted by Gasteiger charge is 2.16. The molecule has 2 aromatic heterocycles. The number of nitrogens with one attached hydrogen (secondary N) is 1. The van der Waals surface area contributed by atoms with E-state index in [4.69, 9.17) is 16.3 Å². The molecule has 0 saturated carbocycles. The zero-order valence-electron chi connectivity index (χ0n) is 17.8. The molecule has 0 saturated heterocycles. The minimum Gasteiger partial charge on any atom is -0.454 e. The summed E-state index contributed by atoms with van der Waals surface area (Å²) in [6.07, 6.45) is 4.92. The first-order chi connectivity index (χ1) is 16.0. The Morgan fingerprint density at radius 1 is 1.00 bits per heavy atom. The predicted molar refractivity (Wildman–Crippen MR) is 125 cm³/mol. The number of ether oxygens (including phenoxy) is 1. The Labute approximate surface area is 193 Å². The van der Waals surface area contributed by atoms with Crippen LogP contribution in [-0.4, -0.2) is 25.5 Å². The van der Waals surface area contributed by atoms with Crippen LogP contribution in [0.1, 0.15) is 47.7 Å².